The van der Waals surface area contributed by atoms with E-state index in [1.807, 2.05) is 0 Å². The van der Waals surface area contributed by atoms with Crippen molar-refractivity contribution >= 4 is 23.1 Å². The SMILES string of the molecule is CCCOC(=O)CC(=O)c1cc([N+](=O)[O-])cc([N+](=O)[O-])c1. The number of ketones is 1. The van der Waals surface area contributed by atoms with Crippen LogP contribution >= 0.6 is 0 Å². The van der Waals surface area contributed by atoms with Crippen LogP contribution in [0.5, 0.6) is 0 Å². The summed E-state index contributed by atoms with van der Waals surface area (Å²) in [5.41, 5.74) is -1.45. The van der Waals surface area contributed by atoms with Gasteiger partial charge in [0.05, 0.1) is 22.5 Å². The van der Waals surface area contributed by atoms with Gasteiger partial charge in [-0.3, -0.25) is 29.8 Å². The Morgan fingerprint density at radius 1 is 1.10 bits per heavy atom. The number of nitro benzene ring substituents is 2. The number of benzene rings is 1. The van der Waals surface area contributed by atoms with E-state index >= 15 is 0 Å². The van der Waals surface area contributed by atoms with Gasteiger partial charge in [-0.05, 0) is 6.42 Å². The zero-order valence-corrected chi connectivity index (χ0v) is 11.1. The average molecular weight is 296 g/mol. The molecule has 0 aromatic heterocycles. The molecular weight excluding hydrogens is 284 g/mol. The summed E-state index contributed by atoms with van der Waals surface area (Å²) in [5.74, 6) is -1.56. The molecule has 0 radical (unpaired) electrons. The first-order chi connectivity index (χ1) is 9.85. The highest BCUT2D eigenvalue weighted by Crippen LogP contribution is 2.23. The number of ether oxygens (including phenoxy) is 1. The number of carbonyl (C=O) groups is 2. The summed E-state index contributed by atoms with van der Waals surface area (Å²) in [6.45, 7) is 1.93. The molecular formula is C12H12N2O7. The Balaban J connectivity index is 3.00. The van der Waals surface area contributed by atoms with Gasteiger partial charge in [0.2, 0.25) is 0 Å². The van der Waals surface area contributed by atoms with Gasteiger partial charge in [0.1, 0.15) is 6.42 Å². The molecule has 0 aliphatic rings. The lowest BCUT2D eigenvalue weighted by atomic mass is 10.1. The lowest BCUT2D eigenvalue weighted by Gasteiger charge is -2.03. The number of rotatable bonds is 7. The van der Waals surface area contributed by atoms with Gasteiger partial charge in [-0.2, -0.15) is 0 Å². The Kier molecular flexibility index (Phi) is 5.47. The first-order valence-corrected chi connectivity index (χ1v) is 5.97. The molecule has 1 aromatic rings. The van der Waals surface area contributed by atoms with Crippen molar-refractivity contribution in [3.63, 3.8) is 0 Å². The van der Waals surface area contributed by atoms with Crippen LogP contribution in [0.4, 0.5) is 11.4 Å². The topological polar surface area (TPSA) is 130 Å². The molecule has 0 N–H and O–H groups in total. The second-order valence-electron chi connectivity index (χ2n) is 4.07. The monoisotopic (exact) mass is 296 g/mol. The molecule has 0 unspecified atom stereocenters. The highest BCUT2D eigenvalue weighted by Gasteiger charge is 2.21. The van der Waals surface area contributed by atoms with Crippen LogP contribution in [0.3, 0.4) is 0 Å². The fraction of sp³-hybridized carbons (Fsp3) is 0.333. The molecule has 0 heterocycles. The number of carbonyl (C=O) groups excluding carboxylic acids is 2. The molecule has 0 spiro atoms. The van der Waals surface area contributed by atoms with Crippen LogP contribution in [0, 0.1) is 20.2 Å². The average Bonchev–Trinajstić information content (AvgIpc) is 2.44. The molecule has 0 fully saturated rings. The van der Waals surface area contributed by atoms with E-state index in [0.717, 1.165) is 18.2 Å². The Hall–Kier alpha value is -2.84. The van der Waals surface area contributed by atoms with E-state index in [2.05, 4.69) is 0 Å². The molecule has 0 amide bonds. The summed E-state index contributed by atoms with van der Waals surface area (Å²) in [5, 5.41) is 21.4. The van der Waals surface area contributed by atoms with E-state index in [4.69, 9.17) is 4.74 Å². The molecule has 1 aromatic carbocycles. The molecule has 21 heavy (non-hydrogen) atoms. The Morgan fingerprint density at radius 3 is 2.05 bits per heavy atom. The van der Waals surface area contributed by atoms with Crippen molar-refractivity contribution < 1.29 is 24.2 Å². The summed E-state index contributed by atoms with van der Waals surface area (Å²) in [6, 6.07) is 2.52. The minimum Gasteiger partial charge on any atom is -0.465 e. The van der Waals surface area contributed by atoms with Crippen LogP contribution in [0.1, 0.15) is 30.1 Å². The quantitative estimate of drug-likeness (QED) is 0.247. The highest BCUT2D eigenvalue weighted by molar-refractivity contribution is 6.06. The minimum atomic E-state index is -0.848. The van der Waals surface area contributed by atoms with Crippen LogP contribution < -0.4 is 0 Å². The number of Topliss-reactive ketones (excluding diaryl/α,β-unsaturated/α-hetero) is 1. The third-order valence-electron chi connectivity index (χ3n) is 2.42. The predicted molar refractivity (Wildman–Crippen MR) is 69.9 cm³/mol. The first-order valence-electron chi connectivity index (χ1n) is 5.97. The van der Waals surface area contributed by atoms with E-state index in [1.54, 1.807) is 6.92 Å². The van der Waals surface area contributed by atoms with Crippen molar-refractivity contribution in [1.82, 2.24) is 0 Å². The van der Waals surface area contributed by atoms with Crippen molar-refractivity contribution in [2.45, 2.75) is 19.8 Å². The van der Waals surface area contributed by atoms with Crippen LogP contribution in [-0.4, -0.2) is 28.2 Å². The van der Waals surface area contributed by atoms with Gasteiger partial charge in [-0.25, -0.2) is 0 Å². The van der Waals surface area contributed by atoms with Crippen LogP contribution in [0.2, 0.25) is 0 Å². The Morgan fingerprint density at radius 2 is 1.62 bits per heavy atom. The highest BCUT2D eigenvalue weighted by atomic mass is 16.6. The number of hydrogen-bond acceptors (Lipinski definition) is 7. The third kappa shape index (κ3) is 4.64. The molecule has 0 saturated carbocycles. The lowest BCUT2D eigenvalue weighted by molar-refractivity contribution is -0.394. The van der Waals surface area contributed by atoms with Gasteiger partial charge in [0.25, 0.3) is 11.4 Å². The van der Waals surface area contributed by atoms with E-state index in [0.29, 0.717) is 6.42 Å². The van der Waals surface area contributed by atoms with Gasteiger partial charge in [-0.1, -0.05) is 6.92 Å². The molecule has 112 valence electrons. The van der Waals surface area contributed by atoms with Crippen LogP contribution in [-0.2, 0) is 9.53 Å². The van der Waals surface area contributed by atoms with Crippen molar-refractivity contribution in [2.75, 3.05) is 6.61 Å². The first kappa shape index (κ1) is 16.2. The molecule has 1 rings (SSSR count). The maximum Gasteiger partial charge on any atom is 0.313 e. The fourth-order valence-electron chi connectivity index (χ4n) is 1.47. The normalized spacial score (nSPS) is 9.95. The summed E-state index contributed by atoms with van der Waals surface area (Å²) >= 11 is 0. The molecule has 0 aliphatic heterocycles. The second kappa shape index (κ2) is 7.08. The van der Waals surface area contributed by atoms with E-state index in [1.165, 1.54) is 0 Å². The van der Waals surface area contributed by atoms with Gasteiger partial charge in [-0.15, -0.1) is 0 Å². The molecule has 0 saturated heterocycles. The van der Waals surface area contributed by atoms with Crippen LogP contribution in [0.25, 0.3) is 0 Å². The van der Waals surface area contributed by atoms with Gasteiger partial charge in [0, 0.05) is 17.7 Å². The number of nitro groups is 2. The number of nitrogens with zero attached hydrogens (tertiary/aromatic N) is 2. The number of hydrogen-bond donors (Lipinski definition) is 0. The van der Waals surface area contributed by atoms with Gasteiger partial charge in [0.15, 0.2) is 5.78 Å². The summed E-state index contributed by atoms with van der Waals surface area (Å²) < 4.78 is 4.71. The molecule has 0 bridgehead atoms. The summed E-state index contributed by atoms with van der Waals surface area (Å²) in [6.07, 6.45) is -0.0411. The standard InChI is InChI=1S/C12H12N2O7/c1-2-3-21-12(16)7-11(15)8-4-9(13(17)18)6-10(5-8)14(19)20/h4-6H,2-3,7H2,1H3. The van der Waals surface area contributed by atoms with Crippen molar-refractivity contribution in [1.29, 1.82) is 0 Å². The predicted octanol–water partition coefficient (Wildman–Crippen LogP) is 2.03. The maximum absolute atomic E-state index is 11.8. The molecule has 0 aliphatic carbocycles. The van der Waals surface area contributed by atoms with Crippen molar-refractivity contribution in [3.8, 4) is 0 Å². The van der Waals surface area contributed by atoms with E-state index in [9.17, 15) is 29.8 Å². The Bertz CT molecular complexity index is 565. The Labute approximate surface area is 118 Å². The zero-order chi connectivity index (χ0) is 16.0. The van der Waals surface area contributed by atoms with E-state index in [-0.39, 0.29) is 12.2 Å². The summed E-state index contributed by atoms with van der Waals surface area (Å²) in [4.78, 5) is 42.8. The number of esters is 1. The molecule has 9 heteroatoms. The van der Waals surface area contributed by atoms with Crippen molar-refractivity contribution in [2.24, 2.45) is 0 Å². The number of non-ortho nitro benzene ring substituents is 2. The lowest BCUT2D eigenvalue weighted by Crippen LogP contribution is -2.12. The van der Waals surface area contributed by atoms with Gasteiger partial charge >= 0.3 is 5.97 Å². The fourth-order valence-corrected chi connectivity index (χ4v) is 1.47. The smallest absolute Gasteiger partial charge is 0.313 e. The van der Waals surface area contributed by atoms with Crippen LogP contribution in [0.15, 0.2) is 18.2 Å². The summed E-state index contributed by atoms with van der Waals surface area (Å²) in [7, 11) is 0. The third-order valence-corrected chi connectivity index (χ3v) is 2.42. The van der Waals surface area contributed by atoms with E-state index < -0.39 is 39.4 Å². The minimum absolute atomic E-state index is 0.154. The maximum atomic E-state index is 11.8. The van der Waals surface area contributed by atoms with Gasteiger partial charge < -0.3 is 4.74 Å². The van der Waals surface area contributed by atoms with Crippen molar-refractivity contribution in [3.05, 3.63) is 44.0 Å². The molecule has 9 nitrogen and oxygen atoms in total. The molecule has 0 atom stereocenters. The second-order valence-corrected chi connectivity index (χ2v) is 4.07. The largest absolute Gasteiger partial charge is 0.465 e. The zero-order valence-electron chi connectivity index (χ0n) is 11.1.